The van der Waals surface area contributed by atoms with E-state index in [0.29, 0.717) is 11.8 Å². The number of phenolic OH excluding ortho intramolecular Hbond substituents is 1. The molecule has 0 spiro atoms. The Bertz CT molecular complexity index is 565. The van der Waals surface area contributed by atoms with Gasteiger partial charge in [0.2, 0.25) is 0 Å². The maximum Gasteiger partial charge on any atom is 0.117 e. The largest absolute Gasteiger partial charge is 0.508 e. The van der Waals surface area contributed by atoms with Gasteiger partial charge in [0, 0.05) is 11.8 Å². The molecule has 3 rings (SSSR count). The number of hydrogen-bond acceptors (Lipinski definition) is 2. The smallest absolute Gasteiger partial charge is 0.117 e. The predicted molar refractivity (Wildman–Crippen MR) is 78.5 cm³/mol. The van der Waals surface area contributed by atoms with Gasteiger partial charge in [-0.25, -0.2) is 0 Å². The molecule has 2 aromatic rings. The van der Waals surface area contributed by atoms with Crippen molar-refractivity contribution in [3.05, 3.63) is 59.7 Å². The van der Waals surface area contributed by atoms with Crippen LogP contribution in [0, 0.1) is 0 Å². The highest BCUT2D eigenvalue weighted by Crippen LogP contribution is 2.32. The van der Waals surface area contributed by atoms with E-state index in [2.05, 4.69) is 29.6 Å². The number of rotatable bonds is 2. The Kier molecular flexibility index (Phi) is 3.41. The zero-order valence-corrected chi connectivity index (χ0v) is 11.0. The van der Waals surface area contributed by atoms with Gasteiger partial charge in [-0.3, -0.25) is 0 Å². The monoisotopic (exact) mass is 253 g/mol. The second-order valence-electron chi connectivity index (χ2n) is 5.19. The molecule has 19 heavy (non-hydrogen) atoms. The molecule has 1 unspecified atom stereocenters. The van der Waals surface area contributed by atoms with E-state index < -0.39 is 0 Å². The van der Waals surface area contributed by atoms with Crippen LogP contribution in [0.3, 0.4) is 0 Å². The van der Waals surface area contributed by atoms with Gasteiger partial charge in [-0.1, -0.05) is 36.8 Å². The molecule has 0 saturated carbocycles. The Morgan fingerprint density at radius 2 is 1.89 bits per heavy atom. The van der Waals surface area contributed by atoms with Crippen LogP contribution in [0.25, 0.3) is 0 Å². The molecule has 0 amide bonds. The minimum atomic E-state index is 0.312. The third-order valence-corrected chi connectivity index (χ3v) is 3.81. The van der Waals surface area contributed by atoms with Crippen LogP contribution in [0.1, 0.15) is 36.4 Å². The highest BCUT2D eigenvalue weighted by Gasteiger charge is 2.17. The second kappa shape index (κ2) is 5.35. The van der Waals surface area contributed by atoms with Crippen molar-refractivity contribution in [2.24, 2.45) is 0 Å². The first-order valence-electron chi connectivity index (χ1n) is 6.96. The van der Waals surface area contributed by atoms with E-state index in [1.165, 1.54) is 30.4 Å². The first-order valence-corrected chi connectivity index (χ1v) is 6.96. The standard InChI is InChI=1S/C17H19NO/c19-15-9-5-8-14(12-15)18-17-11-4-2-7-13-6-1-3-10-16(13)17/h1,3,5-6,8-10,12,17-19H,2,4,7,11H2. The highest BCUT2D eigenvalue weighted by atomic mass is 16.3. The van der Waals surface area contributed by atoms with E-state index in [9.17, 15) is 5.11 Å². The summed E-state index contributed by atoms with van der Waals surface area (Å²) in [5.41, 5.74) is 3.85. The fraction of sp³-hybridized carbons (Fsp3) is 0.294. The van der Waals surface area contributed by atoms with Gasteiger partial charge in [0.1, 0.15) is 5.75 Å². The van der Waals surface area contributed by atoms with Gasteiger partial charge < -0.3 is 10.4 Å². The van der Waals surface area contributed by atoms with Crippen LogP contribution in [0.2, 0.25) is 0 Å². The highest BCUT2D eigenvalue weighted by molar-refractivity contribution is 5.50. The fourth-order valence-corrected chi connectivity index (χ4v) is 2.87. The summed E-state index contributed by atoms with van der Waals surface area (Å²) in [5, 5.41) is 13.1. The molecule has 0 saturated heterocycles. The molecular weight excluding hydrogens is 234 g/mol. The van der Waals surface area contributed by atoms with Gasteiger partial charge in [-0.05, 0) is 42.5 Å². The van der Waals surface area contributed by atoms with E-state index >= 15 is 0 Å². The first kappa shape index (κ1) is 12.1. The molecule has 2 nitrogen and oxygen atoms in total. The van der Waals surface area contributed by atoms with Crippen molar-refractivity contribution in [1.29, 1.82) is 0 Å². The number of benzene rings is 2. The van der Waals surface area contributed by atoms with Gasteiger partial charge in [-0.15, -0.1) is 0 Å². The Labute approximate surface area is 114 Å². The van der Waals surface area contributed by atoms with Gasteiger partial charge in [0.25, 0.3) is 0 Å². The molecule has 0 bridgehead atoms. The summed E-state index contributed by atoms with van der Waals surface area (Å²) in [7, 11) is 0. The van der Waals surface area contributed by atoms with Crippen molar-refractivity contribution in [3.63, 3.8) is 0 Å². The molecule has 0 fully saturated rings. The summed E-state index contributed by atoms with van der Waals surface area (Å²) in [6, 6.07) is 16.4. The summed E-state index contributed by atoms with van der Waals surface area (Å²) in [4.78, 5) is 0. The van der Waals surface area contributed by atoms with E-state index in [0.717, 1.165) is 12.1 Å². The Hall–Kier alpha value is -1.96. The topological polar surface area (TPSA) is 32.3 Å². The quantitative estimate of drug-likeness (QED) is 0.783. The molecule has 0 heterocycles. The Balaban J connectivity index is 1.88. The van der Waals surface area contributed by atoms with Crippen LogP contribution in [0.15, 0.2) is 48.5 Å². The molecular formula is C17H19NO. The average Bonchev–Trinajstić information content (AvgIpc) is 2.62. The van der Waals surface area contributed by atoms with Crippen LogP contribution < -0.4 is 5.32 Å². The number of nitrogens with one attached hydrogen (secondary N) is 1. The van der Waals surface area contributed by atoms with Crippen molar-refractivity contribution in [1.82, 2.24) is 0 Å². The Morgan fingerprint density at radius 3 is 2.79 bits per heavy atom. The molecule has 2 heteroatoms. The van der Waals surface area contributed by atoms with Crippen molar-refractivity contribution in [3.8, 4) is 5.75 Å². The molecule has 98 valence electrons. The summed E-state index contributed by atoms with van der Waals surface area (Å²) in [5.74, 6) is 0.312. The van der Waals surface area contributed by atoms with Crippen molar-refractivity contribution in [2.75, 3.05) is 5.32 Å². The number of hydrogen-bond donors (Lipinski definition) is 2. The van der Waals surface area contributed by atoms with Crippen molar-refractivity contribution < 1.29 is 5.11 Å². The van der Waals surface area contributed by atoms with Crippen LogP contribution in [-0.4, -0.2) is 5.11 Å². The number of anilines is 1. The summed E-state index contributed by atoms with van der Waals surface area (Å²) < 4.78 is 0. The average molecular weight is 253 g/mol. The van der Waals surface area contributed by atoms with Crippen LogP contribution in [0.4, 0.5) is 5.69 Å². The number of phenols is 1. The summed E-state index contributed by atoms with van der Waals surface area (Å²) >= 11 is 0. The third kappa shape index (κ3) is 2.73. The van der Waals surface area contributed by atoms with E-state index in [-0.39, 0.29) is 0 Å². The second-order valence-corrected chi connectivity index (χ2v) is 5.19. The van der Waals surface area contributed by atoms with Gasteiger partial charge >= 0.3 is 0 Å². The molecule has 2 N–H and O–H groups in total. The van der Waals surface area contributed by atoms with E-state index in [1.807, 2.05) is 12.1 Å². The molecule has 2 aromatic carbocycles. The van der Waals surface area contributed by atoms with E-state index in [1.54, 1.807) is 12.1 Å². The normalized spacial score (nSPS) is 18.4. The van der Waals surface area contributed by atoms with Gasteiger partial charge in [-0.2, -0.15) is 0 Å². The maximum absolute atomic E-state index is 9.55. The van der Waals surface area contributed by atoms with E-state index in [4.69, 9.17) is 0 Å². The third-order valence-electron chi connectivity index (χ3n) is 3.81. The molecule has 1 atom stereocenters. The molecule has 1 aliphatic carbocycles. The number of fused-ring (bicyclic) bond motifs is 1. The molecule has 0 aromatic heterocycles. The lowest BCUT2D eigenvalue weighted by atomic mass is 9.99. The zero-order valence-electron chi connectivity index (χ0n) is 11.0. The molecule has 0 radical (unpaired) electrons. The Morgan fingerprint density at radius 1 is 1.00 bits per heavy atom. The van der Waals surface area contributed by atoms with Gasteiger partial charge in [0.05, 0.1) is 6.04 Å². The van der Waals surface area contributed by atoms with Crippen LogP contribution in [0.5, 0.6) is 5.75 Å². The lowest BCUT2D eigenvalue weighted by Crippen LogP contribution is -2.11. The minimum absolute atomic E-state index is 0.312. The maximum atomic E-state index is 9.55. The number of aryl methyl sites for hydroxylation is 1. The summed E-state index contributed by atoms with van der Waals surface area (Å²) in [6.07, 6.45) is 4.82. The van der Waals surface area contributed by atoms with Crippen molar-refractivity contribution in [2.45, 2.75) is 31.7 Å². The molecule has 1 aliphatic rings. The fourth-order valence-electron chi connectivity index (χ4n) is 2.87. The van der Waals surface area contributed by atoms with Crippen LogP contribution >= 0.6 is 0 Å². The minimum Gasteiger partial charge on any atom is -0.508 e. The first-order chi connectivity index (χ1) is 9.33. The number of aromatic hydroxyl groups is 1. The SMILES string of the molecule is Oc1cccc(NC2CCCCc3ccccc32)c1. The lowest BCUT2D eigenvalue weighted by molar-refractivity contribution is 0.475. The zero-order chi connectivity index (χ0) is 13.1. The van der Waals surface area contributed by atoms with Crippen molar-refractivity contribution >= 4 is 5.69 Å². The lowest BCUT2D eigenvalue weighted by Gasteiger charge is -2.20. The predicted octanol–water partition coefficient (Wildman–Crippen LogP) is 4.27. The van der Waals surface area contributed by atoms with Gasteiger partial charge in [0.15, 0.2) is 0 Å². The van der Waals surface area contributed by atoms with Crippen LogP contribution in [-0.2, 0) is 6.42 Å². The molecule has 0 aliphatic heterocycles. The summed E-state index contributed by atoms with van der Waals surface area (Å²) in [6.45, 7) is 0.